The quantitative estimate of drug-likeness (QED) is 0.460. The number of hydrogen-bond donors (Lipinski definition) is 2. The molecule has 0 bridgehead atoms. The molecule has 0 fully saturated rings. The zero-order chi connectivity index (χ0) is 22.7. The van der Waals surface area contributed by atoms with Crippen LogP contribution in [0, 0.1) is 0 Å². The molecule has 30 heavy (non-hydrogen) atoms. The summed E-state index contributed by atoms with van der Waals surface area (Å²) in [5, 5.41) is 0. The molecule has 0 saturated heterocycles. The number of esters is 1. The summed E-state index contributed by atoms with van der Waals surface area (Å²) < 4.78 is 66.5. The first-order chi connectivity index (χ1) is 13.8. The molecule has 0 atom stereocenters. The van der Waals surface area contributed by atoms with Crippen LogP contribution in [0.5, 0.6) is 0 Å². The molecule has 0 aliphatic rings. The molecule has 12 heteroatoms. The number of nitrogens with zero attached hydrogens (tertiary/aromatic N) is 1. The van der Waals surface area contributed by atoms with Gasteiger partial charge in [0.1, 0.15) is 12.2 Å². The van der Waals surface area contributed by atoms with Gasteiger partial charge in [0.2, 0.25) is 0 Å². The van der Waals surface area contributed by atoms with Crippen molar-refractivity contribution < 1.29 is 31.1 Å². The zero-order valence-electron chi connectivity index (χ0n) is 15.7. The summed E-state index contributed by atoms with van der Waals surface area (Å²) in [5.74, 6) is -0.758. The predicted octanol–water partition coefficient (Wildman–Crippen LogP) is 3.17. The number of H-pyrrole nitrogens is 1. The minimum atomic E-state index is -4.83. The van der Waals surface area contributed by atoms with Gasteiger partial charge in [-0.25, -0.2) is 8.42 Å². The van der Waals surface area contributed by atoms with Crippen LogP contribution in [0.3, 0.4) is 0 Å². The molecule has 1 aromatic heterocycles. The number of sulfone groups is 1. The number of ether oxygens (including phenoxy) is 1. The summed E-state index contributed by atoms with van der Waals surface area (Å²) in [4.78, 5) is 18.3. The van der Waals surface area contributed by atoms with Gasteiger partial charge < -0.3 is 15.5 Å². The molecule has 1 aromatic carbocycles. The monoisotopic (exact) mass is 507 g/mol. The number of nitrogens with one attached hydrogen (secondary N) is 1. The van der Waals surface area contributed by atoms with Gasteiger partial charge >= 0.3 is 12.1 Å². The van der Waals surface area contributed by atoms with Crippen molar-refractivity contribution in [3.63, 3.8) is 0 Å². The summed E-state index contributed by atoms with van der Waals surface area (Å²) in [7, 11) is -2.33. The average molecular weight is 508 g/mol. The van der Waals surface area contributed by atoms with E-state index >= 15 is 0 Å². The van der Waals surface area contributed by atoms with Gasteiger partial charge in [-0.05, 0) is 45.8 Å². The number of aliphatic imine (C=N–C) groups is 1. The molecule has 2 rings (SSSR count). The number of aromatic amines is 1. The maximum atomic E-state index is 13.0. The van der Waals surface area contributed by atoms with E-state index < -0.39 is 38.7 Å². The molecule has 0 spiro atoms. The van der Waals surface area contributed by atoms with Gasteiger partial charge in [0.05, 0.1) is 27.9 Å². The number of benzene rings is 1. The van der Waals surface area contributed by atoms with Crippen LogP contribution in [0.1, 0.15) is 5.69 Å². The van der Waals surface area contributed by atoms with E-state index in [9.17, 15) is 26.4 Å². The van der Waals surface area contributed by atoms with Gasteiger partial charge in [0.25, 0.3) is 0 Å². The minimum Gasteiger partial charge on any atom is -0.468 e. The number of carbonyl (C=O) groups is 1. The van der Waals surface area contributed by atoms with E-state index in [0.29, 0.717) is 11.3 Å². The van der Waals surface area contributed by atoms with Crippen LogP contribution in [0.4, 0.5) is 13.2 Å². The number of allylic oxidation sites excluding steroid dienone is 2. The summed E-state index contributed by atoms with van der Waals surface area (Å²) in [6, 6.07) is 8.98. The molecule has 7 nitrogen and oxygen atoms in total. The second kappa shape index (κ2) is 9.04. The third kappa shape index (κ3) is 5.72. The number of nitrogens with two attached hydrogens (primary N) is 1. The van der Waals surface area contributed by atoms with Gasteiger partial charge in [-0.3, -0.25) is 9.79 Å². The normalized spacial score (nSPS) is 13.7. The topological polar surface area (TPSA) is 115 Å². The van der Waals surface area contributed by atoms with Crippen LogP contribution in [-0.2, 0) is 19.4 Å². The lowest BCUT2D eigenvalue weighted by Gasteiger charge is -2.11. The lowest BCUT2D eigenvalue weighted by molar-refractivity contribution is -0.138. The lowest BCUT2D eigenvalue weighted by atomic mass is 10.2. The van der Waals surface area contributed by atoms with Crippen LogP contribution in [0.15, 0.2) is 56.5 Å². The second-order valence-corrected chi connectivity index (χ2v) is 8.86. The van der Waals surface area contributed by atoms with Gasteiger partial charge in [-0.2, -0.15) is 13.2 Å². The largest absolute Gasteiger partial charge is 0.468 e. The molecule has 0 aliphatic carbocycles. The van der Waals surface area contributed by atoms with Crippen molar-refractivity contribution in [1.82, 2.24) is 4.98 Å². The number of aromatic nitrogens is 1. The van der Waals surface area contributed by atoms with E-state index in [1.807, 2.05) is 0 Å². The van der Waals surface area contributed by atoms with E-state index in [4.69, 9.17) is 5.73 Å². The van der Waals surface area contributed by atoms with Crippen molar-refractivity contribution in [2.45, 2.75) is 11.1 Å². The molecule has 0 radical (unpaired) electrons. The zero-order valence-corrected chi connectivity index (χ0v) is 18.2. The van der Waals surface area contributed by atoms with Gasteiger partial charge in [0, 0.05) is 11.9 Å². The number of methoxy groups -OCH3 is 1. The van der Waals surface area contributed by atoms with Crippen LogP contribution < -0.4 is 5.73 Å². The first-order valence-electron chi connectivity index (χ1n) is 8.18. The number of carbonyl (C=O) groups excluding carboxylic acids is 1. The molecule has 1 heterocycles. The van der Waals surface area contributed by atoms with Crippen LogP contribution in [0.25, 0.3) is 11.3 Å². The van der Waals surface area contributed by atoms with Crippen molar-refractivity contribution in [3.8, 4) is 11.3 Å². The van der Waals surface area contributed by atoms with Crippen molar-refractivity contribution in [3.05, 3.63) is 52.3 Å². The molecule has 0 saturated carbocycles. The summed E-state index contributed by atoms with van der Waals surface area (Å²) in [6.45, 7) is -0.538. The van der Waals surface area contributed by atoms with Gasteiger partial charge in [0.15, 0.2) is 9.84 Å². The number of halogens is 4. The Hall–Kier alpha value is -2.60. The Kier molecular flexibility index (Phi) is 7.14. The van der Waals surface area contributed by atoms with Crippen LogP contribution in [-0.4, -0.2) is 51.2 Å². The smallest absolute Gasteiger partial charge is 0.431 e. The SMILES string of the molecule is COC(=O)CN=C(/C(Br)=C(\N)C(F)(F)F)c1ccc(-c2cccc(S(C)(=O)=O)c2)[nH]1. The van der Waals surface area contributed by atoms with E-state index in [-0.39, 0.29) is 16.3 Å². The Balaban J connectivity index is 2.55. The Morgan fingerprint density at radius 2 is 1.93 bits per heavy atom. The highest BCUT2D eigenvalue weighted by molar-refractivity contribution is 9.12. The van der Waals surface area contributed by atoms with Crippen LogP contribution >= 0.6 is 15.9 Å². The lowest BCUT2D eigenvalue weighted by Crippen LogP contribution is -2.23. The van der Waals surface area contributed by atoms with Crippen molar-refractivity contribution >= 4 is 37.4 Å². The summed E-state index contributed by atoms with van der Waals surface area (Å²) in [5.41, 5.74) is 4.54. The third-order valence-corrected chi connectivity index (χ3v) is 5.77. The second-order valence-electron chi connectivity index (χ2n) is 6.05. The Morgan fingerprint density at radius 3 is 2.50 bits per heavy atom. The predicted molar refractivity (Wildman–Crippen MR) is 109 cm³/mol. The standard InChI is InChI=1S/C18H17BrF3N3O4S/c1-29-14(26)9-24-16(15(19)17(23)18(20,21)22)13-7-6-12(25-13)10-4-3-5-11(8-10)30(2,27)28/h3-8,25H,9,23H2,1-2H3/b17-15+,24-16?. The highest BCUT2D eigenvalue weighted by Crippen LogP contribution is 2.30. The fraction of sp³-hybridized carbons (Fsp3) is 0.222. The highest BCUT2D eigenvalue weighted by atomic mass is 79.9. The molecule has 2 aromatic rings. The summed E-state index contributed by atoms with van der Waals surface area (Å²) >= 11 is 2.81. The van der Waals surface area contributed by atoms with E-state index in [0.717, 1.165) is 13.4 Å². The average Bonchev–Trinajstić information content (AvgIpc) is 3.15. The first-order valence-corrected chi connectivity index (χ1v) is 10.9. The number of rotatable bonds is 6. The molecular formula is C18H17BrF3N3O4S. The molecule has 3 N–H and O–H groups in total. The molecule has 162 valence electrons. The van der Waals surface area contributed by atoms with Gasteiger partial charge in [-0.1, -0.05) is 12.1 Å². The van der Waals surface area contributed by atoms with Crippen molar-refractivity contribution in [2.75, 3.05) is 19.9 Å². The van der Waals surface area contributed by atoms with E-state index in [2.05, 4.69) is 30.6 Å². The fourth-order valence-electron chi connectivity index (χ4n) is 2.33. The number of hydrogen-bond acceptors (Lipinski definition) is 6. The molecular weight excluding hydrogens is 491 g/mol. The molecule has 0 amide bonds. The fourth-order valence-corrected chi connectivity index (χ4v) is 3.56. The van der Waals surface area contributed by atoms with E-state index in [1.54, 1.807) is 6.07 Å². The molecule has 0 aliphatic heterocycles. The Bertz CT molecular complexity index is 1120. The summed E-state index contributed by atoms with van der Waals surface area (Å²) in [6.07, 6.45) is -3.77. The maximum absolute atomic E-state index is 13.0. The maximum Gasteiger partial charge on any atom is 0.431 e. The van der Waals surface area contributed by atoms with Crippen molar-refractivity contribution in [1.29, 1.82) is 0 Å². The Labute approximate surface area is 178 Å². The number of alkyl halides is 3. The highest BCUT2D eigenvalue weighted by Gasteiger charge is 2.35. The van der Waals surface area contributed by atoms with Crippen LogP contribution in [0.2, 0.25) is 0 Å². The molecule has 0 unspecified atom stereocenters. The third-order valence-electron chi connectivity index (χ3n) is 3.86. The van der Waals surface area contributed by atoms with E-state index in [1.165, 1.54) is 30.3 Å². The first kappa shape index (κ1) is 23.7. The Morgan fingerprint density at radius 1 is 1.27 bits per heavy atom. The van der Waals surface area contributed by atoms with Crippen molar-refractivity contribution in [2.24, 2.45) is 10.7 Å². The minimum absolute atomic E-state index is 0.0816. The van der Waals surface area contributed by atoms with Gasteiger partial charge in [-0.15, -0.1) is 0 Å².